The van der Waals surface area contributed by atoms with Crippen LogP contribution in [0.5, 0.6) is 5.75 Å². The molecule has 0 aliphatic heterocycles. The Hall–Kier alpha value is -0.740. The molecule has 0 saturated heterocycles. The summed E-state index contributed by atoms with van der Waals surface area (Å²) in [6.45, 7) is 3.16. The van der Waals surface area contributed by atoms with Gasteiger partial charge in [-0.2, -0.15) is 11.8 Å². The lowest BCUT2D eigenvalue weighted by Crippen LogP contribution is -2.46. The van der Waals surface area contributed by atoms with E-state index in [1.54, 1.807) is 12.1 Å². The van der Waals surface area contributed by atoms with Crippen molar-refractivity contribution in [2.75, 3.05) is 26.0 Å². The third-order valence-corrected chi connectivity index (χ3v) is 5.46. The van der Waals surface area contributed by atoms with Crippen molar-refractivity contribution in [2.24, 2.45) is 4.99 Å². The molecule has 1 aliphatic rings. The van der Waals surface area contributed by atoms with Crippen molar-refractivity contribution in [3.8, 4) is 5.75 Å². The van der Waals surface area contributed by atoms with Gasteiger partial charge >= 0.3 is 0 Å². The van der Waals surface area contributed by atoms with Crippen molar-refractivity contribution in [1.82, 2.24) is 10.6 Å². The summed E-state index contributed by atoms with van der Waals surface area (Å²) in [5, 5.41) is 17.5. The molecule has 0 spiro atoms. The van der Waals surface area contributed by atoms with Crippen LogP contribution in [0.3, 0.4) is 0 Å². The Morgan fingerprint density at radius 2 is 2.11 bits per heavy atom. The maximum absolute atomic E-state index is 12.9. The fraction of sp³-hybridized carbons (Fsp3) is 0.632. The highest BCUT2D eigenvalue weighted by Gasteiger charge is 2.22. The van der Waals surface area contributed by atoms with Gasteiger partial charge in [-0.15, -0.1) is 24.0 Å². The number of guanidine groups is 1. The highest BCUT2D eigenvalue weighted by atomic mass is 127. The molecule has 8 heteroatoms. The molecule has 3 unspecified atom stereocenters. The van der Waals surface area contributed by atoms with Gasteiger partial charge in [0.05, 0.1) is 6.54 Å². The van der Waals surface area contributed by atoms with E-state index in [0.29, 0.717) is 17.0 Å². The van der Waals surface area contributed by atoms with Gasteiger partial charge in [0, 0.05) is 17.8 Å². The minimum atomic E-state index is -0.721. The molecule has 27 heavy (non-hydrogen) atoms. The molecule has 1 fully saturated rings. The van der Waals surface area contributed by atoms with Gasteiger partial charge in [-0.1, -0.05) is 6.42 Å². The SMILES string of the molecule is CCNC(=NCC(O)COc1ccc(F)cc1)NC1CCCC(SC)C1.I. The van der Waals surface area contributed by atoms with Gasteiger partial charge < -0.3 is 20.5 Å². The van der Waals surface area contributed by atoms with E-state index in [1.807, 2.05) is 18.7 Å². The summed E-state index contributed by atoms with van der Waals surface area (Å²) in [6.07, 6.45) is 6.26. The first kappa shape index (κ1) is 24.3. The molecule has 154 valence electrons. The normalized spacial score (nSPS) is 21.1. The van der Waals surface area contributed by atoms with Crippen LogP contribution in [0.25, 0.3) is 0 Å². The van der Waals surface area contributed by atoms with E-state index in [0.717, 1.165) is 25.3 Å². The molecular weight excluding hydrogens is 480 g/mol. The van der Waals surface area contributed by atoms with Crippen molar-refractivity contribution in [3.63, 3.8) is 0 Å². The second-order valence-electron chi connectivity index (χ2n) is 6.50. The Morgan fingerprint density at radius 1 is 1.37 bits per heavy atom. The first-order chi connectivity index (χ1) is 12.6. The molecule has 1 aliphatic carbocycles. The molecule has 3 N–H and O–H groups in total. The standard InChI is InChI=1S/C19H30FN3O2S.HI/c1-3-21-19(23-15-5-4-6-18(11-15)26-2)22-12-16(24)13-25-17-9-7-14(20)8-10-17;/h7-10,15-16,18,24H,3-6,11-13H2,1-2H3,(H2,21,22,23);1H. The summed E-state index contributed by atoms with van der Waals surface area (Å²) in [5.41, 5.74) is 0. The second-order valence-corrected chi connectivity index (χ2v) is 7.64. The molecule has 1 aromatic carbocycles. The number of thioether (sulfide) groups is 1. The fourth-order valence-corrected chi connectivity index (χ4v) is 3.80. The molecule has 2 rings (SSSR count). The number of nitrogens with zero attached hydrogens (tertiary/aromatic N) is 1. The van der Waals surface area contributed by atoms with Crippen molar-refractivity contribution in [2.45, 2.75) is 50.0 Å². The number of aliphatic hydroxyl groups excluding tert-OH is 1. The van der Waals surface area contributed by atoms with Gasteiger partial charge in [-0.05, 0) is 56.7 Å². The lowest BCUT2D eigenvalue weighted by atomic mass is 9.95. The number of ether oxygens (including phenoxy) is 1. The van der Waals surface area contributed by atoms with Crippen LogP contribution < -0.4 is 15.4 Å². The van der Waals surface area contributed by atoms with Gasteiger partial charge in [0.2, 0.25) is 0 Å². The molecular formula is C19H31FIN3O2S. The maximum atomic E-state index is 12.9. The molecule has 0 amide bonds. The lowest BCUT2D eigenvalue weighted by Gasteiger charge is -2.30. The van der Waals surface area contributed by atoms with Crippen LogP contribution >= 0.6 is 35.7 Å². The Labute approximate surface area is 183 Å². The van der Waals surface area contributed by atoms with Crippen LogP contribution in [0.15, 0.2) is 29.3 Å². The highest BCUT2D eigenvalue weighted by molar-refractivity contribution is 14.0. The molecule has 3 atom stereocenters. The minimum absolute atomic E-state index is 0. The zero-order chi connectivity index (χ0) is 18.8. The number of aliphatic imine (C=N–C) groups is 1. The third-order valence-electron chi connectivity index (χ3n) is 4.36. The number of hydrogen-bond acceptors (Lipinski definition) is 4. The van der Waals surface area contributed by atoms with Crippen molar-refractivity contribution in [3.05, 3.63) is 30.1 Å². The van der Waals surface area contributed by atoms with Crippen molar-refractivity contribution < 1.29 is 14.2 Å². The molecule has 0 aromatic heterocycles. The van der Waals surface area contributed by atoms with Crippen molar-refractivity contribution >= 4 is 41.7 Å². The zero-order valence-corrected chi connectivity index (χ0v) is 19.1. The Kier molecular flexibility index (Phi) is 12.1. The van der Waals surface area contributed by atoms with E-state index in [2.05, 4.69) is 21.9 Å². The Bertz CT molecular complexity index is 562. The van der Waals surface area contributed by atoms with E-state index >= 15 is 0 Å². The predicted octanol–water partition coefficient (Wildman–Crippen LogP) is 3.41. The molecule has 1 saturated carbocycles. The number of benzene rings is 1. The molecule has 5 nitrogen and oxygen atoms in total. The first-order valence-electron chi connectivity index (χ1n) is 9.24. The summed E-state index contributed by atoms with van der Waals surface area (Å²) in [6, 6.07) is 6.18. The number of nitrogens with one attached hydrogen (secondary N) is 2. The van der Waals surface area contributed by atoms with Gasteiger partial charge in [0.15, 0.2) is 5.96 Å². The summed E-state index contributed by atoms with van der Waals surface area (Å²) < 4.78 is 18.3. The second kappa shape index (κ2) is 13.4. The monoisotopic (exact) mass is 511 g/mol. The van der Waals surface area contributed by atoms with Crippen LogP contribution in [-0.4, -0.2) is 54.4 Å². The first-order valence-corrected chi connectivity index (χ1v) is 10.5. The van der Waals surface area contributed by atoms with Gasteiger partial charge in [-0.25, -0.2) is 4.39 Å². The van der Waals surface area contributed by atoms with E-state index in [4.69, 9.17) is 4.74 Å². The number of aliphatic hydroxyl groups is 1. The summed E-state index contributed by atoms with van der Waals surface area (Å²) in [7, 11) is 0. The van der Waals surface area contributed by atoms with Crippen LogP contribution in [0.2, 0.25) is 0 Å². The van der Waals surface area contributed by atoms with Gasteiger partial charge in [-0.3, -0.25) is 4.99 Å². The average Bonchev–Trinajstić information content (AvgIpc) is 2.66. The Balaban J connectivity index is 0.00000364. The number of rotatable bonds is 8. The van der Waals surface area contributed by atoms with Crippen LogP contribution in [0.4, 0.5) is 4.39 Å². The van der Waals surface area contributed by atoms with Crippen LogP contribution in [0.1, 0.15) is 32.6 Å². The molecule has 0 bridgehead atoms. The highest BCUT2D eigenvalue weighted by Crippen LogP contribution is 2.26. The zero-order valence-electron chi connectivity index (χ0n) is 16.0. The fourth-order valence-electron chi connectivity index (χ4n) is 2.98. The smallest absolute Gasteiger partial charge is 0.191 e. The molecule has 0 heterocycles. The topological polar surface area (TPSA) is 65.9 Å². The predicted molar refractivity (Wildman–Crippen MR) is 122 cm³/mol. The largest absolute Gasteiger partial charge is 0.491 e. The van der Waals surface area contributed by atoms with Crippen LogP contribution in [0, 0.1) is 5.82 Å². The van der Waals surface area contributed by atoms with Crippen LogP contribution in [-0.2, 0) is 0 Å². The van der Waals surface area contributed by atoms with Crippen molar-refractivity contribution in [1.29, 1.82) is 0 Å². The van der Waals surface area contributed by atoms with E-state index < -0.39 is 6.10 Å². The minimum Gasteiger partial charge on any atom is -0.491 e. The maximum Gasteiger partial charge on any atom is 0.191 e. The summed E-state index contributed by atoms with van der Waals surface area (Å²) in [4.78, 5) is 4.48. The molecule has 0 radical (unpaired) electrons. The number of hydrogen-bond donors (Lipinski definition) is 3. The summed E-state index contributed by atoms with van der Waals surface area (Å²) in [5.74, 6) is 0.958. The Morgan fingerprint density at radius 3 is 2.78 bits per heavy atom. The number of halogens is 2. The average molecular weight is 511 g/mol. The summed E-state index contributed by atoms with van der Waals surface area (Å²) >= 11 is 1.93. The lowest BCUT2D eigenvalue weighted by molar-refractivity contribution is 0.114. The van der Waals surface area contributed by atoms with E-state index in [1.165, 1.54) is 25.0 Å². The molecule has 1 aromatic rings. The van der Waals surface area contributed by atoms with Gasteiger partial charge in [0.25, 0.3) is 0 Å². The van der Waals surface area contributed by atoms with E-state index in [9.17, 15) is 9.50 Å². The van der Waals surface area contributed by atoms with E-state index in [-0.39, 0.29) is 42.9 Å². The van der Waals surface area contributed by atoms with Gasteiger partial charge in [0.1, 0.15) is 24.3 Å². The third kappa shape index (κ3) is 9.34. The quantitative estimate of drug-likeness (QED) is 0.284.